The Morgan fingerprint density at radius 1 is 0.545 bits per heavy atom. The van der Waals surface area contributed by atoms with Crippen LogP contribution in [0.4, 0.5) is 0 Å². The van der Waals surface area contributed by atoms with Crippen molar-refractivity contribution in [1.29, 1.82) is 0 Å². The van der Waals surface area contributed by atoms with E-state index in [9.17, 15) is 0 Å². The third-order valence-electron chi connectivity index (χ3n) is 3.56. The summed E-state index contributed by atoms with van der Waals surface area (Å²) in [5.41, 5.74) is 4.15. The van der Waals surface area contributed by atoms with E-state index in [2.05, 4.69) is 98.8 Å². The molecule has 0 amide bonds. The fourth-order valence-electron chi connectivity index (χ4n) is 2.27. The Labute approximate surface area is 134 Å². The average Bonchev–Trinajstić information content (AvgIpc) is 2.58. The van der Waals surface area contributed by atoms with Gasteiger partial charge in [-0.15, -0.1) is 0 Å². The molecule has 22 heavy (non-hydrogen) atoms. The fraction of sp³-hybridized carbons (Fsp3) is 0.182. The van der Waals surface area contributed by atoms with E-state index in [0.717, 1.165) is 6.42 Å². The van der Waals surface area contributed by atoms with Gasteiger partial charge >= 0.3 is 0 Å². The quantitative estimate of drug-likeness (QED) is 0.547. The van der Waals surface area contributed by atoms with Gasteiger partial charge in [0.05, 0.1) is 0 Å². The largest absolute Gasteiger partial charge is 0.0622 e. The van der Waals surface area contributed by atoms with Crippen LogP contribution in [0.1, 0.15) is 36.5 Å². The third-order valence-corrected chi connectivity index (χ3v) is 3.56. The highest BCUT2D eigenvalue weighted by Crippen LogP contribution is 2.11. The molecule has 0 unspecified atom stereocenters. The highest BCUT2D eigenvalue weighted by atomic mass is 14.0. The summed E-state index contributed by atoms with van der Waals surface area (Å²) in [4.78, 5) is 0. The van der Waals surface area contributed by atoms with Gasteiger partial charge in [-0.1, -0.05) is 105 Å². The van der Waals surface area contributed by atoms with E-state index < -0.39 is 0 Å². The summed E-state index contributed by atoms with van der Waals surface area (Å²) >= 11 is 0. The first kappa shape index (κ1) is 16.0. The molecule has 3 rings (SSSR count). The van der Waals surface area contributed by atoms with E-state index in [0.29, 0.717) is 5.92 Å². The van der Waals surface area contributed by atoms with Crippen LogP contribution in [0.25, 0.3) is 0 Å². The Morgan fingerprint density at radius 3 is 1.23 bits per heavy atom. The summed E-state index contributed by atoms with van der Waals surface area (Å²) in [7, 11) is 0. The molecule has 0 aliphatic rings. The van der Waals surface area contributed by atoms with Gasteiger partial charge in [-0.2, -0.15) is 0 Å². The van der Waals surface area contributed by atoms with Gasteiger partial charge < -0.3 is 0 Å². The maximum Gasteiger partial charge on any atom is -0.00258 e. The average molecular weight is 288 g/mol. The molecule has 0 fully saturated rings. The van der Waals surface area contributed by atoms with E-state index in [1.54, 1.807) is 0 Å². The second kappa shape index (κ2) is 8.84. The van der Waals surface area contributed by atoms with Gasteiger partial charge in [0, 0.05) is 0 Å². The van der Waals surface area contributed by atoms with Crippen LogP contribution >= 0.6 is 0 Å². The van der Waals surface area contributed by atoms with E-state index in [1.165, 1.54) is 16.7 Å². The molecular formula is C22H24. The number of hydrogen-bond acceptors (Lipinski definition) is 0. The minimum Gasteiger partial charge on any atom is -0.0622 e. The van der Waals surface area contributed by atoms with Gasteiger partial charge in [-0.25, -0.2) is 0 Å². The number of hydrogen-bond donors (Lipinski definition) is 0. The zero-order valence-corrected chi connectivity index (χ0v) is 13.4. The topological polar surface area (TPSA) is 0 Å². The monoisotopic (exact) mass is 288 g/mol. The summed E-state index contributed by atoms with van der Waals surface area (Å²) in [6.07, 6.45) is 1.03. The zero-order valence-electron chi connectivity index (χ0n) is 13.4. The van der Waals surface area contributed by atoms with Crippen molar-refractivity contribution in [2.24, 2.45) is 0 Å². The van der Waals surface area contributed by atoms with Crippen molar-refractivity contribution in [2.45, 2.75) is 26.2 Å². The lowest BCUT2D eigenvalue weighted by molar-refractivity contribution is 0.867. The Balaban J connectivity index is 0.000000172. The Morgan fingerprint density at radius 2 is 0.909 bits per heavy atom. The molecule has 0 saturated carbocycles. The lowest BCUT2D eigenvalue weighted by Gasteiger charge is -2.01. The smallest absolute Gasteiger partial charge is 0.00258 e. The van der Waals surface area contributed by atoms with E-state index >= 15 is 0 Å². The predicted molar refractivity (Wildman–Crippen MR) is 96.2 cm³/mol. The van der Waals surface area contributed by atoms with Gasteiger partial charge in [0.25, 0.3) is 0 Å². The van der Waals surface area contributed by atoms with Gasteiger partial charge in [0.2, 0.25) is 0 Å². The summed E-state index contributed by atoms with van der Waals surface area (Å²) < 4.78 is 0. The molecule has 0 spiro atoms. The fourth-order valence-corrected chi connectivity index (χ4v) is 2.27. The minimum absolute atomic E-state index is 0.659. The first-order chi connectivity index (χ1) is 10.8. The first-order valence-corrected chi connectivity index (χ1v) is 7.88. The molecule has 0 bridgehead atoms. The first-order valence-electron chi connectivity index (χ1n) is 7.88. The van der Waals surface area contributed by atoms with Crippen LogP contribution in [0.2, 0.25) is 0 Å². The molecule has 0 aliphatic carbocycles. The van der Waals surface area contributed by atoms with Crippen molar-refractivity contribution in [3.8, 4) is 0 Å². The standard InChI is InChI=1S/C13H12.C9H12/c1-3-7-12(8-4-1)11-13-9-5-2-6-10-13;1-8(2)9-6-4-3-5-7-9/h1-10H,11H2;3-8H,1-2H3. The number of rotatable bonds is 3. The van der Waals surface area contributed by atoms with Crippen molar-refractivity contribution in [3.05, 3.63) is 108 Å². The molecule has 0 heterocycles. The molecule has 0 aromatic heterocycles. The van der Waals surface area contributed by atoms with Crippen LogP contribution in [0, 0.1) is 0 Å². The van der Waals surface area contributed by atoms with Crippen molar-refractivity contribution in [1.82, 2.24) is 0 Å². The molecule has 0 saturated heterocycles. The van der Waals surface area contributed by atoms with Crippen molar-refractivity contribution in [2.75, 3.05) is 0 Å². The van der Waals surface area contributed by atoms with Crippen LogP contribution in [0.5, 0.6) is 0 Å². The predicted octanol–water partition coefficient (Wildman–Crippen LogP) is 6.09. The van der Waals surface area contributed by atoms with Gasteiger partial charge in [0.15, 0.2) is 0 Å². The summed E-state index contributed by atoms with van der Waals surface area (Å²) in [6.45, 7) is 4.41. The highest BCUT2D eigenvalue weighted by Gasteiger charge is 1.93. The molecule has 0 radical (unpaired) electrons. The molecule has 112 valence electrons. The van der Waals surface area contributed by atoms with Gasteiger partial charge in [-0.3, -0.25) is 0 Å². The van der Waals surface area contributed by atoms with Crippen LogP contribution in [-0.4, -0.2) is 0 Å². The molecule has 0 N–H and O–H groups in total. The molecule has 0 aliphatic heterocycles. The SMILES string of the molecule is CC(C)c1ccccc1.c1ccc(Cc2ccccc2)cc1. The van der Waals surface area contributed by atoms with Crippen molar-refractivity contribution >= 4 is 0 Å². The lowest BCUT2D eigenvalue weighted by Crippen LogP contribution is -1.85. The van der Waals surface area contributed by atoms with Crippen molar-refractivity contribution < 1.29 is 0 Å². The normalized spacial score (nSPS) is 9.95. The molecule has 0 nitrogen and oxygen atoms in total. The summed E-state index contributed by atoms with van der Waals surface area (Å²) in [5.74, 6) is 0.659. The molecule has 0 heteroatoms. The second-order valence-electron chi connectivity index (χ2n) is 5.71. The van der Waals surface area contributed by atoms with Crippen LogP contribution in [0.3, 0.4) is 0 Å². The summed E-state index contributed by atoms with van der Waals surface area (Å²) in [5, 5.41) is 0. The van der Waals surface area contributed by atoms with E-state index in [-0.39, 0.29) is 0 Å². The van der Waals surface area contributed by atoms with Crippen LogP contribution in [-0.2, 0) is 6.42 Å². The van der Waals surface area contributed by atoms with E-state index in [4.69, 9.17) is 0 Å². The van der Waals surface area contributed by atoms with Crippen LogP contribution < -0.4 is 0 Å². The molecular weight excluding hydrogens is 264 g/mol. The number of benzene rings is 3. The minimum atomic E-state index is 0.659. The zero-order chi connectivity index (χ0) is 15.6. The van der Waals surface area contributed by atoms with Crippen LogP contribution in [0.15, 0.2) is 91.0 Å². The van der Waals surface area contributed by atoms with E-state index in [1.807, 2.05) is 6.07 Å². The van der Waals surface area contributed by atoms with Gasteiger partial charge in [-0.05, 0) is 29.0 Å². The highest BCUT2D eigenvalue weighted by molar-refractivity contribution is 5.25. The molecule has 3 aromatic carbocycles. The van der Waals surface area contributed by atoms with Crippen molar-refractivity contribution in [3.63, 3.8) is 0 Å². The third kappa shape index (κ3) is 5.57. The Bertz CT molecular complexity index is 587. The second-order valence-corrected chi connectivity index (χ2v) is 5.71. The Hall–Kier alpha value is -2.34. The summed E-state index contributed by atoms with van der Waals surface area (Å²) in [6, 6.07) is 31.6. The Kier molecular flexibility index (Phi) is 6.44. The molecule has 0 atom stereocenters. The maximum absolute atomic E-state index is 2.20. The van der Waals surface area contributed by atoms with Gasteiger partial charge in [0.1, 0.15) is 0 Å². The lowest BCUT2D eigenvalue weighted by atomic mass is 10.0. The maximum atomic E-state index is 2.20. The molecule has 3 aromatic rings.